The zero-order valence-corrected chi connectivity index (χ0v) is 14.2. The summed E-state index contributed by atoms with van der Waals surface area (Å²) in [4.78, 5) is 20.6. The molecule has 1 saturated heterocycles. The van der Waals surface area contributed by atoms with Gasteiger partial charge in [0.05, 0.1) is 17.8 Å². The first-order valence-electron chi connectivity index (χ1n) is 7.73. The summed E-state index contributed by atoms with van der Waals surface area (Å²) >= 11 is 6.19. The molecule has 6 nitrogen and oxygen atoms in total. The quantitative estimate of drug-likeness (QED) is 0.927. The Hall–Kier alpha value is -2.47. The molecule has 1 aromatic heterocycles. The number of piperazine rings is 1. The highest BCUT2D eigenvalue weighted by Gasteiger charge is 2.23. The van der Waals surface area contributed by atoms with Crippen LogP contribution in [-0.2, 0) is 0 Å². The molecule has 1 aromatic carbocycles. The topological polar surface area (TPSA) is 57.7 Å². The van der Waals surface area contributed by atoms with Gasteiger partial charge in [0.2, 0.25) is 0 Å². The largest absolute Gasteiger partial charge is 0.495 e. The molecular formula is C17H19ClN4O2. The number of ether oxygens (including phenoxy) is 1. The van der Waals surface area contributed by atoms with Crippen LogP contribution in [0.3, 0.4) is 0 Å². The summed E-state index contributed by atoms with van der Waals surface area (Å²) in [7, 11) is 1.58. The van der Waals surface area contributed by atoms with Crippen molar-refractivity contribution in [3.63, 3.8) is 0 Å². The van der Waals surface area contributed by atoms with Crippen molar-refractivity contribution < 1.29 is 9.53 Å². The number of anilines is 2. The van der Waals surface area contributed by atoms with Gasteiger partial charge in [-0.2, -0.15) is 0 Å². The van der Waals surface area contributed by atoms with Crippen LogP contribution in [0.2, 0.25) is 5.02 Å². The maximum Gasteiger partial charge on any atom is 0.322 e. The fourth-order valence-corrected chi connectivity index (χ4v) is 2.91. The Kier molecular flexibility index (Phi) is 5.05. The summed E-state index contributed by atoms with van der Waals surface area (Å²) in [5.41, 5.74) is 0.667. The van der Waals surface area contributed by atoms with E-state index in [-0.39, 0.29) is 6.03 Å². The molecule has 0 aliphatic carbocycles. The monoisotopic (exact) mass is 346 g/mol. The lowest BCUT2D eigenvalue weighted by molar-refractivity contribution is 0.208. The number of carbonyl (C=O) groups excluding carboxylic acids is 1. The predicted molar refractivity (Wildman–Crippen MR) is 95.0 cm³/mol. The number of amides is 2. The molecule has 0 saturated carbocycles. The molecule has 0 atom stereocenters. The van der Waals surface area contributed by atoms with Gasteiger partial charge < -0.3 is 19.9 Å². The van der Waals surface area contributed by atoms with E-state index in [1.165, 1.54) is 0 Å². The molecule has 126 valence electrons. The van der Waals surface area contributed by atoms with Crippen LogP contribution in [0.15, 0.2) is 42.6 Å². The molecule has 3 rings (SSSR count). The fourth-order valence-electron chi connectivity index (χ4n) is 2.67. The highest BCUT2D eigenvalue weighted by Crippen LogP contribution is 2.25. The average Bonchev–Trinajstić information content (AvgIpc) is 2.63. The summed E-state index contributed by atoms with van der Waals surface area (Å²) in [5, 5.41) is 3.53. The van der Waals surface area contributed by atoms with E-state index in [1.807, 2.05) is 36.4 Å². The van der Waals surface area contributed by atoms with Gasteiger partial charge in [0.1, 0.15) is 11.6 Å². The smallest absolute Gasteiger partial charge is 0.322 e. The van der Waals surface area contributed by atoms with E-state index in [9.17, 15) is 4.79 Å². The minimum absolute atomic E-state index is 0.133. The molecule has 1 fully saturated rings. The van der Waals surface area contributed by atoms with Crippen molar-refractivity contribution in [1.29, 1.82) is 0 Å². The van der Waals surface area contributed by atoms with E-state index in [0.29, 0.717) is 42.6 Å². The van der Waals surface area contributed by atoms with Crippen LogP contribution >= 0.6 is 11.6 Å². The molecule has 0 spiro atoms. The van der Waals surface area contributed by atoms with Crippen molar-refractivity contribution in [2.24, 2.45) is 0 Å². The molecule has 1 aliphatic heterocycles. The number of nitrogens with zero attached hydrogens (tertiary/aromatic N) is 3. The molecule has 24 heavy (non-hydrogen) atoms. The van der Waals surface area contributed by atoms with Gasteiger partial charge in [0, 0.05) is 32.4 Å². The standard InChI is InChI=1S/C17H19ClN4O2/c1-24-15-7-3-2-6-14(15)20-17(23)22-11-9-21(10-12-22)16-13(18)5-4-8-19-16/h2-8H,9-12H2,1H3,(H,20,23). The molecule has 7 heteroatoms. The van der Waals surface area contributed by atoms with Crippen LogP contribution in [0.25, 0.3) is 0 Å². The number of methoxy groups -OCH3 is 1. The summed E-state index contributed by atoms with van der Waals surface area (Å²) in [5.74, 6) is 1.41. The van der Waals surface area contributed by atoms with Crippen molar-refractivity contribution >= 4 is 29.1 Å². The number of para-hydroxylation sites is 2. The van der Waals surface area contributed by atoms with Crippen molar-refractivity contribution in [2.75, 3.05) is 43.5 Å². The van der Waals surface area contributed by atoms with Crippen molar-refractivity contribution in [3.8, 4) is 5.75 Å². The third kappa shape index (κ3) is 3.54. The average molecular weight is 347 g/mol. The van der Waals surface area contributed by atoms with Crippen molar-refractivity contribution in [2.45, 2.75) is 0 Å². The maximum absolute atomic E-state index is 12.4. The molecule has 0 bridgehead atoms. The van der Waals surface area contributed by atoms with Crippen molar-refractivity contribution in [1.82, 2.24) is 9.88 Å². The summed E-state index contributed by atoms with van der Waals surface area (Å²) in [6.45, 7) is 2.59. The zero-order chi connectivity index (χ0) is 16.9. The van der Waals surface area contributed by atoms with Crippen LogP contribution in [0.1, 0.15) is 0 Å². The molecule has 0 unspecified atom stereocenters. The summed E-state index contributed by atoms with van der Waals surface area (Å²) < 4.78 is 5.26. The first kappa shape index (κ1) is 16.4. The van der Waals surface area contributed by atoms with Crippen LogP contribution in [-0.4, -0.2) is 49.2 Å². The number of benzene rings is 1. The molecule has 1 aliphatic rings. The maximum atomic E-state index is 12.4. The Morgan fingerprint density at radius 3 is 2.62 bits per heavy atom. The SMILES string of the molecule is COc1ccccc1NC(=O)N1CCN(c2ncccc2Cl)CC1. The first-order valence-corrected chi connectivity index (χ1v) is 8.11. The third-order valence-corrected chi connectivity index (χ3v) is 4.25. The van der Waals surface area contributed by atoms with E-state index < -0.39 is 0 Å². The molecule has 2 aromatic rings. The Labute approximate surface area is 146 Å². The second kappa shape index (κ2) is 7.40. The molecular weight excluding hydrogens is 328 g/mol. The van der Waals surface area contributed by atoms with Gasteiger partial charge in [-0.25, -0.2) is 9.78 Å². The molecule has 1 N–H and O–H groups in total. The number of nitrogens with one attached hydrogen (secondary N) is 1. The number of pyridine rings is 1. The molecule has 2 heterocycles. The van der Waals surface area contributed by atoms with Crippen molar-refractivity contribution in [3.05, 3.63) is 47.6 Å². The van der Waals surface area contributed by atoms with Gasteiger partial charge in [-0.3, -0.25) is 0 Å². The fraction of sp³-hybridized carbons (Fsp3) is 0.294. The van der Waals surface area contributed by atoms with E-state index in [2.05, 4.69) is 15.2 Å². The van der Waals surface area contributed by atoms with Crippen LogP contribution < -0.4 is 15.0 Å². The summed E-state index contributed by atoms with van der Waals surface area (Å²) in [6.07, 6.45) is 1.72. The first-order chi connectivity index (χ1) is 11.7. The number of rotatable bonds is 3. The lowest BCUT2D eigenvalue weighted by atomic mass is 10.3. The number of carbonyl (C=O) groups is 1. The highest BCUT2D eigenvalue weighted by atomic mass is 35.5. The number of aromatic nitrogens is 1. The third-order valence-electron chi connectivity index (χ3n) is 3.95. The van der Waals surface area contributed by atoms with Gasteiger partial charge in [-0.15, -0.1) is 0 Å². The number of halogens is 1. The normalized spacial score (nSPS) is 14.4. The summed E-state index contributed by atoms with van der Waals surface area (Å²) in [6, 6.07) is 10.9. The van der Waals surface area contributed by atoms with Gasteiger partial charge in [-0.05, 0) is 24.3 Å². The molecule has 0 radical (unpaired) electrons. The Bertz CT molecular complexity index is 717. The van der Waals surface area contributed by atoms with Crippen LogP contribution in [0.4, 0.5) is 16.3 Å². The van der Waals surface area contributed by atoms with Gasteiger partial charge in [0.15, 0.2) is 0 Å². The number of urea groups is 1. The van der Waals surface area contributed by atoms with Gasteiger partial charge in [-0.1, -0.05) is 23.7 Å². The van der Waals surface area contributed by atoms with E-state index >= 15 is 0 Å². The van der Waals surface area contributed by atoms with E-state index in [1.54, 1.807) is 18.2 Å². The minimum atomic E-state index is -0.133. The molecule has 2 amide bonds. The van der Waals surface area contributed by atoms with Crippen LogP contribution in [0.5, 0.6) is 5.75 Å². The second-order valence-electron chi connectivity index (χ2n) is 5.41. The number of hydrogen-bond donors (Lipinski definition) is 1. The zero-order valence-electron chi connectivity index (χ0n) is 13.4. The Balaban J connectivity index is 1.60. The minimum Gasteiger partial charge on any atom is -0.495 e. The second-order valence-corrected chi connectivity index (χ2v) is 5.82. The lowest BCUT2D eigenvalue weighted by Crippen LogP contribution is -2.50. The predicted octanol–water partition coefficient (Wildman–Crippen LogP) is 3.10. The van der Waals surface area contributed by atoms with E-state index in [4.69, 9.17) is 16.3 Å². The van der Waals surface area contributed by atoms with Crippen LogP contribution in [0, 0.1) is 0 Å². The number of hydrogen-bond acceptors (Lipinski definition) is 4. The van der Waals surface area contributed by atoms with Gasteiger partial charge >= 0.3 is 6.03 Å². The van der Waals surface area contributed by atoms with Gasteiger partial charge in [0.25, 0.3) is 0 Å². The Morgan fingerprint density at radius 2 is 1.92 bits per heavy atom. The van der Waals surface area contributed by atoms with E-state index in [0.717, 1.165) is 5.82 Å². The Morgan fingerprint density at radius 1 is 1.17 bits per heavy atom. The highest BCUT2D eigenvalue weighted by molar-refractivity contribution is 6.32. The lowest BCUT2D eigenvalue weighted by Gasteiger charge is -2.35.